The number of carbonyl (C=O) groups excluding carboxylic acids is 2. The number of nitrogens with zero attached hydrogens (tertiary/aromatic N) is 2. The average molecular weight is 399 g/mol. The molecule has 6 nitrogen and oxygen atoms in total. The van der Waals surface area contributed by atoms with Gasteiger partial charge in [0.1, 0.15) is 11.6 Å². The second-order valence-electron chi connectivity index (χ2n) is 7.38. The highest BCUT2D eigenvalue weighted by Gasteiger charge is 2.35. The van der Waals surface area contributed by atoms with Gasteiger partial charge in [0.25, 0.3) is 0 Å². The summed E-state index contributed by atoms with van der Waals surface area (Å²) < 4.78 is 18.3. The Hall–Kier alpha value is -2.93. The van der Waals surface area contributed by atoms with Gasteiger partial charge in [0.15, 0.2) is 0 Å². The van der Waals surface area contributed by atoms with Crippen molar-refractivity contribution in [1.82, 2.24) is 10.2 Å². The first-order chi connectivity index (χ1) is 13.9. The lowest BCUT2D eigenvalue weighted by Crippen LogP contribution is -2.38. The number of carbonyl (C=O) groups is 2. The van der Waals surface area contributed by atoms with Crippen molar-refractivity contribution in [1.29, 1.82) is 0 Å². The Bertz CT molecular complexity index is 853. The molecule has 154 valence electrons. The number of hydrogen-bond acceptors (Lipinski definition) is 4. The maximum Gasteiger partial charge on any atom is 0.227 e. The fourth-order valence-electron chi connectivity index (χ4n) is 3.52. The fraction of sp³-hybridized carbons (Fsp3) is 0.364. The first-order valence-corrected chi connectivity index (χ1v) is 9.53. The van der Waals surface area contributed by atoms with E-state index >= 15 is 0 Å². The van der Waals surface area contributed by atoms with Gasteiger partial charge in [-0.2, -0.15) is 0 Å². The third kappa shape index (κ3) is 4.92. The number of hydrogen-bond donors (Lipinski definition) is 1. The van der Waals surface area contributed by atoms with Crippen molar-refractivity contribution in [3.8, 4) is 5.75 Å². The molecular formula is C22H26FN3O3. The van der Waals surface area contributed by atoms with Crippen LogP contribution in [0.25, 0.3) is 0 Å². The number of rotatable bonds is 7. The van der Waals surface area contributed by atoms with Gasteiger partial charge in [-0.05, 0) is 56.1 Å². The molecule has 0 spiro atoms. The van der Waals surface area contributed by atoms with Crippen LogP contribution in [0.1, 0.15) is 18.0 Å². The van der Waals surface area contributed by atoms with Crippen LogP contribution in [0, 0.1) is 11.7 Å². The van der Waals surface area contributed by atoms with Crippen molar-refractivity contribution in [3.05, 3.63) is 59.9 Å². The normalized spacial score (nSPS) is 17.5. The van der Waals surface area contributed by atoms with E-state index in [1.54, 1.807) is 36.3 Å². The lowest BCUT2D eigenvalue weighted by molar-refractivity contribution is -0.126. The smallest absolute Gasteiger partial charge is 0.227 e. The number of benzene rings is 2. The molecule has 1 N–H and O–H groups in total. The summed E-state index contributed by atoms with van der Waals surface area (Å²) in [6, 6.07) is 13.4. The van der Waals surface area contributed by atoms with Gasteiger partial charge < -0.3 is 19.9 Å². The van der Waals surface area contributed by atoms with E-state index in [9.17, 15) is 14.0 Å². The molecule has 0 bridgehead atoms. The quantitative estimate of drug-likeness (QED) is 0.778. The molecule has 2 amide bonds. The van der Waals surface area contributed by atoms with Crippen LogP contribution in [0.4, 0.5) is 10.1 Å². The van der Waals surface area contributed by atoms with Crippen LogP contribution in [0.15, 0.2) is 48.5 Å². The molecule has 2 aromatic rings. The lowest BCUT2D eigenvalue weighted by Gasteiger charge is -2.25. The minimum absolute atomic E-state index is 0.0713. The minimum Gasteiger partial charge on any atom is -0.497 e. The van der Waals surface area contributed by atoms with Gasteiger partial charge in [0.05, 0.1) is 19.1 Å². The second-order valence-corrected chi connectivity index (χ2v) is 7.38. The van der Waals surface area contributed by atoms with E-state index < -0.39 is 5.92 Å². The van der Waals surface area contributed by atoms with Gasteiger partial charge in [-0.3, -0.25) is 9.59 Å². The van der Waals surface area contributed by atoms with Crippen LogP contribution >= 0.6 is 0 Å². The van der Waals surface area contributed by atoms with Gasteiger partial charge in [-0.1, -0.05) is 12.1 Å². The van der Waals surface area contributed by atoms with Crippen LogP contribution in [-0.2, 0) is 9.59 Å². The van der Waals surface area contributed by atoms with Gasteiger partial charge >= 0.3 is 0 Å². The van der Waals surface area contributed by atoms with Crippen molar-refractivity contribution in [3.63, 3.8) is 0 Å². The fourth-order valence-corrected chi connectivity index (χ4v) is 3.52. The van der Waals surface area contributed by atoms with Crippen LogP contribution in [0.2, 0.25) is 0 Å². The Morgan fingerprint density at radius 2 is 1.86 bits per heavy atom. The number of halogens is 1. The van der Waals surface area contributed by atoms with Gasteiger partial charge in [0, 0.05) is 25.2 Å². The molecule has 0 aromatic heterocycles. The topological polar surface area (TPSA) is 61.9 Å². The Kier molecular flexibility index (Phi) is 6.49. The Morgan fingerprint density at radius 1 is 1.21 bits per heavy atom. The van der Waals surface area contributed by atoms with Gasteiger partial charge in [-0.25, -0.2) is 4.39 Å². The minimum atomic E-state index is -0.402. The molecule has 0 aliphatic carbocycles. The standard InChI is InChI=1S/C22H26FN3O3/c1-25(2)20(15-4-6-17(23)7-5-15)13-24-22(28)16-12-21(27)26(14-16)18-8-10-19(29-3)11-9-18/h4-11,16,20H,12-14H2,1-3H3,(H,24,28). The summed E-state index contributed by atoms with van der Waals surface area (Å²) in [5.41, 5.74) is 1.67. The van der Waals surface area contributed by atoms with Crippen molar-refractivity contribution < 1.29 is 18.7 Å². The van der Waals surface area contributed by atoms with E-state index in [1.807, 2.05) is 31.1 Å². The summed E-state index contributed by atoms with van der Waals surface area (Å²) in [7, 11) is 5.40. The maximum absolute atomic E-state index is 13.2. The number of nitrogens with one attached hydrogen (secondary N) is 1. The molecule has 1 fully saturated rings. The summed E-state index contributed by atoms with van der Waals surface area (Å²) in [4.78, 5) is 28.7. The van der Waals surface area contributed by atoms with Gasteiger partial charge in [-0.15, -0.1) is 0 Å². The molecule has 1 aliphatic rings. The predicted molar refractivity (Wildman–Crippen MR) is 109 cm³/mol. The zero-order valence-corrected chi connectivity index (χ0v) is 16.9. The predicted octanol–water partition coefficient (Wildman–Crippen LogP) is 2.61. The van der Waals surface area contributed by atoms with Crippen molar-refractivity contribution in [2.24, 2.45) is 5.92 Å². The molecule has 0 saturated carbocycles. The molecule has 0 radical (unpaired) electrons. The van der Waals surface area contributed by atoms with Crippen LogP contribution in [0.3, 0.4) is 0 Å². The summed E-state index contributed by atoms with van der Waals surface area (Å²) in [5, 5.41) is 2.96. The Labute approximate surface area is 170 Å². The number of amides is 2. The lowest BCUT2D eigenvalue weighted by atomic mass is 10.0. The highest BCUT2D eigenvalue weighted by molar-refractivity contribution is 6.00. The van der Waals surface area contributed by atoms with E-state index in [4.69, 9.17) is 4.74 Å². The molecule has 2 unspecified atom stereocenters. The average Bonchev–Trinajstić information content (AvgIpc) is 3.11. The Balaban J connectivity index is 1.61. The Morgan fingerprint density at radius 3 is 2.45 bits per heavy atom. The van der Waals surface area contributed by atoms with E-state index in [0.29, 0.717) is 18.8 Å². The third-order valence-corrected chi connectivity index (χ3v) is 5.23. The molecule has 2 aromatic carbocycles. The molecule has 29 heavy (non-hydrogen) atoms. The number of anilines is 1. The summed E-state index contributed by atoms with van der Waals surface area (Å²) in [5.74, 6) is -0.203. The molecule has 3 rings (SSSR count). The summed E-state index contributed by atoms with van der Waals surface area (Å²) >= 11 is 0. The summed E-state index contributed by atoms with van der Waals surface area (Å²) in [6.45, 7) is 0.727. The highest BCUT2D eigenvalue weighted by Crippen LogP contribution is 2.27. The van der Waals surface area contributed by atoms with Gasteiger partial charge in [0.2, 0.25) is 11.8 Å². The second kappa shape index (κ2) is 9.05. The zero-order chi connectivity index (χ0) is 21.0. The van der Waals surface area contributed by atoms with Crippen LogP contribution in [0.5, 0.6) is 5.75 Å². The van der Waals surface area contributed by atoms with E-state index in [1.165, 1.54) is 12.1 Å². The third-order valence-electron chi connectivity index (χ3n) is 5.23. The van der Waals surface area contributed by atoms with Crippen LogP contribution in [-0.4, -0.2) is 51.0 Å². The SMILES string of the molecule is COc1ccc(N2CC(C(=O)NCC(c3ccc(F)cc3)N(C)C)CC2=O)cc1. The summed E-state index contributed by atoms with van der Waals surface area (Å²) in [6.07, 6.45) is 0.182. The molecular weight excluding hydrogens is 373 g/mol. The molecule has 1 heterocycles. The molecule has 1 saturated heterocycles. The first kappa shape index (κ1) is 20.8. The largest absolute Gasteiger partial charge is 0.497 e. The monoisotopic (exact) mass is 399 g/mol. The maximum atomic E-state index is 13.2. The number of methoxy groups -OCH3 is 1. The van der Waals surface area contributed by atoms with E-state index in [0.717, 1.165) is 11.3 Å². The molecule has 1 aliphatic heterocycles. The van der Waals surface area contributed by atoms with E-state index in [2.05, 4.69) is 5.32 Å². The highest BCUT2D eigenvalue weighted by atomic mass is 19.1. The first-order valence-electron chi connectivity index (χ1n) is 9.53. The van der Waals surface area contributed by atoms with E-state index in [-0.39, 0.29) is 30.1 Å². The molecule has 2 atom stereocenters. The van der Waals surface area contributed by atoms with Crippen LogP contribution < -0.4 is 15.0 Å². The van der Waals surface area contributed by atoms with Crippen molar-refractivity contribution >= 4 is 17.5 Å². The number of likely N-dealkylation sites (N-methyl/N-ethyl adjacent to an activating group) is 1. The zero-order valence-electron chi connectivity index (χ0n) is 16.9. The van der Waals surface area contributed by atoms with Crippen molar-refractivity contribution in [2.75, 3.05) is 39.2 Å². The molecule has 7 heteroatoms. The van der Waals surface area contributed by atoms with Crippen molar-refractivity contribution in [2.45, 2.75) is 12.5 Å². The number of ether oxygens (including phenoxy) is 1.